The third kappa shape index (κ3) is 5.45. The van der Waals surface area contributed by atoms with Crippen LogP contribution in [0.15, 0.2) is 60.7 Å². The van der Waals surface area contributed by atoms with E-state index in [-0.39, 0.29) is 5.91 Å². The molecule has 3 rings (SSSR count). The van der Waals surface area contributed by atoms with Gasteiger partial charge in [-0.05, 0) is 41.3 Å². The minimum Gasteiger partial charge on any atom is -0.351 e. The van der Waals surface area contributed by atoms with Crippen LogP contribution in [-0.2, 0) is 11.2 Å². The summed E-state index contributed by atoms with van der Waals surface area (Å²) in [6.45, 7) is 3.10. The van der Waals surface area contributed by atoms with Gasteiger partial charge in [0.2, 0.25) is 0 Å². The van der Waals surface area contributed by atoms with E-state index in [0.717, 1.165) is 36.5 Å². The van der Waals surface area contributed by atoms with Crippen LogP contribution in [-0.4, -0.2) is 32.1 Å². The van der Waals surface area contributed by atoms with E-state index >= 15 is 0 Å². The molecule has 2 aromatic rings. The van der Waals surface area contributed by atoms with Crippen LogP contribution < -0.4 is 10.2 Å². The highest BCUT2D eigenvalue weighted by atomic mass is 35.5. The van der Waals surface area contributed by atoms with Gasteiger partial charge >= 0.3 is 0 Å². The summed E-state index contributed by atoms with van der Waals surface area (Å²) in [6.07, 6.45) is 4.10. The number of carbonyl (C=O) groups excluding carboxylic acids is 1. The second-order valence-electron chi connectivity index (χ2n) is 6.46. The van der Waals surface area contributed by atoms with Crippen LogP contribution in [0.2, 0.25) is 5.02 Å². The van der Waals surface area contributed by atoms with Crippen molar-refractivity contribution in [2.75, 3.05) is 26.2 Å². The summed E-state index contributed by atoms with van der Waals surface area (Å²) in [7, 11) is 0. The molecule has 1 atom stereocenters. The predicted octanol–water partition coefficient (Wildman–Crippen LogP) is 2.37. The molecule has 3 nitrogen and oxygen atoms in total. The fourth-order valence-electron chi connectivity index (χ4n) is 3.19. The van der Waals surface area contributed by atoms with Gasteiger partial charge in [0.05, 0.1) is 13.1 Å². The summed E-state index contributed by atoms with van der Waals surface area (Å²) in [6, 6.07) is 18.3. The van der Waals surface area contributed by atoms with Crippen LogP contribution in [0.1, 0.15) is 17.5 Å². The van der Waals surface area contributed by atoms with Crippen molar-refractivity contribution >= 4 is 23.1 Å². The second kappa shape index (κ2) is 8.84. The van der Waals surface area contributed by atoms with Crippen molar-refractivity contribution in [3.63, 3.8) is 0 Å². The Bertz CT molecular complexity index is 743. The van der Waals surface area contributed by atoms with Gasteiger partial charge < -0.3 is 10.2 Å². The van der Waals surface area contributed by atoms with Crippen LogP contribution in [0.4, 0.5) is 0 Å². The van der Waals surface area contributed by atoms with Crippen LogP contribution >= 0.6 is 11.6 Å². The molecule has 0 fully saturated rings. The first-order valence-electron chi connectivity index (χ1n) is 8.80. The fourth-order valence-corrected chi connectivity index (χ4v) is 3.40. The van der Waals surface area contributed by atoms with Crippen LogP contribution in [0, 0.1) is 0 Å². The molecule has 0 radical (unpaired) electrons. The summed E-state index contributed by atoms with van der Waals surface area (Å²) in [5.74, 6) is 0.119. The summed E-state index contributed by atoms with van der Waals surface area (Å²) >= 11 is 5.98. The Morgan fingerprint density at radius 2 is 1.96 bits per heavy atom. The summed E-state index contributed by atoms with van der Waals surface area (Å²) in [4.78, 5) is 13.5. The zero-order chi connectivity index (χ0) is 17.5. The van der Waals surface area contributed by atoms with Crippen molar-refractivity contribution in [1.29, 1.82) is 0 Å². The van der Waals surface area contributed by atoms with E-state index in [0.29, 0.717) is 13.1 Å². The van der Waals surface area contributed by atoms with E-state index in [1.54, 1.807) is 0 Å². The average molecular weight is 356 g/mol. The molecule has 0 aromatic heterocycles. The highest BCUT2D eigenvalue weighted by molar-refractivity contribution is 6.30. The van der Waals surface area contributed by atoms with Gasteiger partial charge in [-0.1, -0.05) is 54.1 Å². The lowest BCUT2D eigenvalue weighted by Crippen LogP contribution is -3.13. The predicted molar refractivity (Wildman–Crippen MR) is 103 cm³/mol. The largest absolute Gasteiger partial charge is 0.351 e. The summed E-state index contributed by atoms with van der Waals surface area (Å²) in [5.41, 5.74) is 3.84. The van der Waals surface area contributed by atoms with Crippen molar-refractivity contribution in [2.24, 2.45) is 0 Å². The van der Waals surface area contributed by atoms with Gasteiger partial charge in [0.25, 0.3) is 5.91 Å². The molecule has 25 heavy (non-hydrogen) atoms. The van der Waals surface area contributed by atoms with Crippen LogP contribution in [0.3, 0.4) is 0 Å². The number of nitrogens with one attached hydrogen (secondary N) is 2. The molecule has 0 aliphatic carbocycles. The summed E-state index contributed by atoms with van der Waals surface area (Å²) < 4.78 is 0. The third-order valence-electron chi connectivity index (χ3n) is 4.57. The van der Waals surface area contributed by atoms with Crippen molar-refractivity contribution in [1.82, 2.24) is 5.32 Å². The molecule has 1 amide bonds. The first-order valence-corrected chi connectivity index (χ1v) is 9.17. The zero-order valence-corrected chi connectivity index (χ0v) is 15.1. The van der Waals surface area contributed by atoms with Gasteiger partial charge in [0.1, 0.15) is 0 Å². The van der Waals surface area contributed by atoms with Crippen LogP contribution in [0.25, 0.3) is 5.57 Å². The van der Waals surface area contributed by atoms with E-state index in [9.17, 15) is 4.79 Å². The fraction of sp³-hybridized carbons (Fsp3) is 0.286. The molecule has 0 saturated heterocycles. The Balaban J connectivity index is 1.41. The molecule has 2 aromatic carbocycles. The Hall–Kier alpha value is -2.10. The number of benzene rings is 2. The lowest BCUT2D eigenvalue weighted by Gasteiger charge is -2.23. The standard InChI is InChI=1S/C21H23ClN2O/c22-20-8-4-5-17(15-20)9-12-23-21(25)16-24-13-10-19(11-14-24)18-6-2-1-3-7-18/h1-8,10,15H,9,11-14,16H2,(H,23,25)/p+1. The van der Waals surface area contributed by atoms with Gasteiger partial charge in [0, 0.05) is 18.0 Å². The van der Waals surface area contributed by atoms with Crippen LogP contribution in [0.5, 0.6) is 0 Å². The Morgan fingerprint density at radius 3 is 2.68 bits per heavy atom. The highest BCUT2D eigenvalue weighted by Crippen LogP contribution is 2.17. The second-order valence-corrected chi connectivity index (χ2v) is 6.89. The van der Waals surface area contributed by atoms with Gasteiger partial charge in [-0.3, -0.25) is 4.79 Å². The SMILES string of the molecule is O=C(C[NH+]1CC=C(c2ccccc2)CC1)NCCc1cccc(Cl)c1. The summed E-state index contributed by atoms with van der Waals surface area (Å²) in [5, 5.41) is 3.76. The number of rotatable bonds is 6. The minimum absolute atomic E-state index is 0.119. The van der Waals surface area contributed by atoms with E-state index in [4.69, 9.17) is 11.6 Å². The molecule has 0 saturated carbocycles. The van der Waals surface area contributed by atoms with E-state index < -0.39 is 0 Å². The van der Waals surface area contributed by atoms with Gasteiger partial charge in [-0.2, -0.15) is 0 Å². The first kappa shape index (κ1) is 17.7. The Labute approximate surface area is 154 Å². The average Bonchev–Trinajstić information content (AvgIpc) is 2.63. The normalized spacial score (nSPS) is 17.0. The van der Waals surface area contributed by atoms with Gasteiger partial charge in [-0.25, -0.2) is 0 Å². The van der Waals surface area contributed by atoms with Crippen molar-refractivity contribution in [3.8, 4) is 0 Å². The molecule has 130 valence electrons. The molecule has 1 aliphatic rings. The number of carbonyl (C=O) groups is 1. The highest BCUT2D eigenvalue weighted by Gasteiger charge is 2.18. The molecule has 0 spiro atoms. The van der Waals surface area contributed by atoms with E-state index in [1.807, 2.05) is 30.3 Å². The lowest BCUT2D eigenvalue weighted by atomic mass is 10.00. The van der Waals surface area contributed by atoms with Crippen molar-refractivity contribution < 1.29 is 9.69 Å². The number of amides is 1. The maximum Gasteiger partial charge on any atom is 0.275 e. The lowest BCUT2D eigenvalue weighted by molar-refractivity contribution is -0.886. The number of hydrogen-bond acceptors (Lipinski definition) is 1. The Kier molecular flexibility index (Phi) is 6.26. The number of quaternary nitrogens is 1. The number of halogens is 1. The van der Waals surface area contributed by atoms with Crippen molar-refractivity contribution in [3.05, 3.63) is 76.8 Å². The van der Waals surface area contributed by atoms with Gasteiger partial charge in [-0.15, -0.1) is 0 Å². The maximum atomic E-state index is 12.1. The van der Waals surface area contributed by atoms with E-state index in [2.05, 4.69) is 35.7 Å². The molecule has 1 heterocycles. The molecular weight excluding hydrogens is 332 g/mol. The smallest absolute Gasteiger partial charge is 0.275 e. The first-order chi connectivity index (χ1) is 12.2. The molecule has 0 bridgehead atoms. The number of hydrogen-bond donors (Lipinski definition) is 2. The monoisotopic (exact) mass is 355 g/mol. The molecular formula is C21H24ClN2O+. The molecule has 1 aliphatic heterocycles. The maximum absolute atomic E-state index is 12.1. The van der Waals surface area contributed by atoms with Gasteiger partial charge in [0.15, 0.2) is 6.54 Å². The molecule has 2 N–H and O–H groups in total. The Morgan fingerprint density at radius 1 is 1.12 bits per heavy atom. The topological polar surface area (TPSA) is 33.5 Å². The molecule has 4 heteroatoms. The molecule has 1 unspecified atom stereocenters. The quantitative estimate of drug-likeness (QED) is 0.819. The zero-order valence-electron chi connectivity index (χ0n) is 14.3. The third-order valence-corrected chi connectivity index (χ3v) is 4.80. The minimum atomic E-state index is 0.119. The van der Waals surface area contributed by atoms with Crippen molar-refractivity contribution in [2.45, 2.75) is 12.8 Å². The van der Waals surface area contributed by atoms with E-state index in [1.165, 1.54) is 16.0 Å².